The van der Waals surface area contributed by atoms with Gasteiger partial charge in [-0.3, -0.25) is 4.79 Å². The van der Waals surface area contributed by atoms with E-state index in [-0.39, 0.29) is 24.2 Å². The van der Waals surface area contributed by atoms with Crippen LogP contribution in [0.3, 0.4) is 0 Å². The van der Waals surface area contributed by atoms with Crippen molar-refractivity contribution in [3.05, 3.63) is 35.9 Å². The Bertz CT molecular complexity index is 481. The van der Waals surface area contributed by atoms with Crippen LogP contribution in [0.15, 0.2) is 30.3 Å². The summed E-state index contributed by atoms with van der Waals surface area (Å²) in [6.07, 6.45) is 5.65. The number of amides is 1. The van der Waals surface area contributed by atoms with E-state index in [9.17, 15) is 4.79 Å². The van der Waals surface area contributed by atoms with Crippen LogP contribution in [0.4, 0.5) is 0 Å². The number of nitrogens with zero attached hydrogens (tertiary/aromatic N) is 1. The Hall–Kier alpha value is -1.06. The maximum atomic E-state index is 12.9. The van der Waals surface area contributed by atoms with Gasteiger partial charge in [0.05, 0.1) is 5.92 Å². The summed E-state index contributed by atoms with van der Waals surface area (Å²) >= 11 is 0. The van der Waals surface area contributed by atoms with Crippen molar-refractivity contribution in [1.82, 2.24) is 10.2 Å². The van der Waals surface area contributed by atoms with E-state index in [1.54, 1.807) is 0 Å². The first-order valence-corrected chi connectivity index (χ1v) is 8.26. The number of fused-ring (bicyclic) bond motifs is 2. The number of nitrogens with one attached hydrogen (secondary N) is 1. The SMILES string of the molecule is CCC(C(=O)N(C)C1CC2CCC(C1)N2)c1ccccc1.Cl. The molecular weight excluding hydrogens is 296 g/mol. The van der Waals surface area contributed by atoms with Gasteiger partial charge in [0.1, 0.15) is 0 Å². The van der Waals surface area contributed by atoms with Crippen molar-refractivity contribution >= 4 is 18.3 Å². The number of piperidine rings is 1. The smallest absolute Gasteiger partial charge is 0.230 e. The maximum Gasteiger partial charge on any atom is 0.230 e. The fraction of sp³-hybridized carbons (Fsp3) is 0.611. The van der Waals surface area contributed by atoms with Crippen molar-refractivity contribution in [1.29, 1.82) is 0 Å². The zero-order chi connectivity index (χ0) is 14.8. The second-order valence-corrected chi connectivity index (χ2v) is 6.58. The molecule has 0 saturated carbocycles. The van der Waals surface area contributed by atoms with Gasteiger partial charge < -0.3 is 10.2 Å². The van der Waals surface area contributed by atoms with Crippen LogP contribution in [0.5, 0.6) is 0 Å². The molecule has 1 amide bonds. The molecule has 3 nitrogen and oxygen atoms in total. The minimum Gasteiger partial charge on any atom is -0.342 e. The molecule has 2 saturated heterocycles. The number of carbonyl (C=O) groups is 1. The van der Waals surface area contributed by atoms with Crippen LogP contribution in [0.25, 0.3) is 0 Å². The molecule has 2 aliphatic rings. The van der Waals surface area contributed by atoms with Gasteiger partial charge in [-0.05, 0) is 37.7 Å². The van der Waals surface area contributed by atoms with Crippen molar-refractivity contribution in [2.75, 3.05) is 7.05 Å². The summed E-state index contributed by atoms with van der Waals surface area (Å²) in [7, 11) is 2.00. The second kappa shape index (κ2) is 7.47. The first-order chi connectivity index (χ1) is 10.2. The molecule has 0 spiro atoms. The second-order valence-electron chi connectivity index (χ2n) is 6.58. The van der Waals surface area contributed by atoms with E-state index in [0.29, 0.717) is 18.1 Å². The highest BCUT2D eigenvalue weighted by molar-refractivity contribution is 5.85. The Morgan fingerprint density at radius 2 is 1.82 bits per heavy atom. The van der Waals surface area contributed by atoms with Crippen LogP contribution in [-0.4, -0.2) is 36.0 Å². The number of halogens is 1. The molecule has 1 N–H and O–H groups in total. The van der Waals surface area contributed by atoms with E-state index in [4.69, 9.17) is 0 Å². The topological polar surface area (TPSA) is 32.3 Å². The van der Waals surface area contributed by atoms with Gasteiger partial charge in [-0.15, -0.1) is 12.4 Å². The third-order valence-corrected chi connectivity index (χ3v) is 5.25. The lowest BCUT2D eigenvalue weighted by Gasteiger charge is -2.37. The van der Waals surface area contributed by atoms with Gasteiger partial charge in [-0.2, -0.15) is 0 Å². The van der Waals surface area contributed by atoms with E-state index in [1.165, 1.54) is 12.8 Å². The van der Waals surface area contributed by atoms with Gasteiger partial charge in [0.15, 0.2) is 0 Å². The van der Waals surface area contributed by atoms with E-state index >= 15 is 0 Å². The maximum absolute atomic E-state index is 12.9. The zero-order valence-electron chi connectivity index (χ0n) is 13.5. The summed E-state index contributed by atoms with van der Waals surface area (Å²) in [5.74, 6) is 0.290. The van der Waals surface area contributed by atoms with E-state index in [0.717, 1.165) is 24.8 Å². The number of carbonyl (C=O) groups excluding carboxylic acids is 1. The third kappa shape index (κ3) is 3.47. The standard InChI is InChI=1S/C18H26N2O.ClH/c1-3-17(13-7-5-4-6-8-13)18(21)20(2)16-11-14-9-10-15(12-16)19-14;/h4-8,14-17,19H,3,9-12H2,1-2H3;1H. The molecule has 2 heterocycles. The monoisotopic (exact) mass is 322 g/mol. The lowest BCUT2D eigenvalue weighted by molar-refractivity contribution is -0.134. The molecule has 22 heavy (non-hydrogen) atoms. The van der Waals surface area contributed by atoms with Gasteiger partial charge in [0.25, 0.3) is 0 Å². The summed E-state index contributed by atoms with van der Waals surface area (Å²) in [6, 6.07) is 11.9. The van der Waals surface area contributed by atoms with Gasteiger partial charge in [-0.1, -0.05) is 37.3 Å². The number of hydrogen-bond donors (Lipinski definition) is 1. The number of hydrogen-bond acceptors (Lipinski definition) is 2. The van der Waals surface area contributed by atoms with Crippen LogP contribution in [0.1, 0.15) is 50.5 Å². The molecule has 2 fully saturated rings. The lowest BCUT2D eigenvalue weighted by atomic mass is 9.92. The summed E-state index contributed by atoms with van der Waals surface area (Å²) in [4.78, 5) is 14.9. The Labute approximate surface area is 139 Å². The Morgan fingerprint density at radius 1 is 1.23 bits per heavy atom. The highest BCUT2D eigenvalue weighted by Crippen LogP contribution is 2.31. The molecular formula is C18H27ClN2O. The zero-order valence-corrected chi connectivity index (χ0v) is 14.3. The van der Waals surface area contributed by atoms with Crippen LogP contribution < -0.4 is 5.32 Å². The number of likely N-dealkylation sites (N-methyl/N-ethyl adjacent to an activating group) is 1. The largest absolute Gasteiger partial charge is 0.342 e. The fourth-order valence-electron chi connectivity index (χ4n) is 4.01. The Balaban J connectivity index is 0.00000176. The van der Waals surface area contributed by atoms with Gasteiger partial charge in [-0.25, -0.2) is 0 Å². The highest BCUT2D eigenvalue weighted by Gasteiger charge is 2.37. The molecule has 3 rings (SSSR count). The summed E-state index contributed by atoms with van der Waals surface area (Å²) in [5, 5.41) is 3.65. The van der Waals surface area contributed by atoms with Crippen molar-refractivity contribution in [2.24, 2.45) is 0 Å². The molecule has 1 aromatic carbocycles. The summed E-state index contributed by atoms with van der Waals surface area (Å²) in [5.41, 5.74) is 1.15. The Kier molecular flexibility index (Phi) is 5.87. The molecule has 3 unspecified atom stereocenters. The molecule has 4 heteroatoms. The van der Waals surface area contributed by atoms with Gasteiger partial charge in [0, 0.05) is 25.2 Å². The summed E-state index contributed by atoms with van der Waals surface area (Å²) < 4.78 is 0. The van der Waals surface area contributed by atoms with Gasteiger partial charge >= 0.3 is 0 Å². The minimum atomic E-state index is 0. The fourth-order valence-corrected chi connectivity index (χ4v) is 4.01. The molecule has 0 aliphatic carbocycles. The molecule has 3 atom stereocenters. The van der Waals surface area contributed by atoms with Crippen LogP contribution in [0.2, 0.25) is 0 Å². The molecule has 2 aliphatic heterocycles. The van der Waals surface area contributed by atoms with Crippen molar-refractivity contribution in [3.63, 3.8) is 0 Å². The van der Waals surface area contributed by atoms with E-state index in [2.05, 4.69) is 24.4 Å². The van der Waals surface area contributed by atoms with Crippen LogP contribution >= 0.6 is 12.4 Å². The molecule has 1 aromatic rings. The molecule has 0 aromatic heterocycles. The lowest BCUT2D eigenvalue weighted by Crippen LogP contribution is -2.49. The van der Waals surface area contributed by atoms with Crippen LogP contribution in [-0.2, 0) is 4.79 Å². The van der Waals surface area contributed by atoms with E-state index < -0.39 is 0 Å². The minimum absolute atomic E-state index is 0. The predicted molar refractivity (Wildman–Crippen MR) is 92.5 cm³/mol. The molecule has 0 radical (unpaired) electrons. The summed E-state index contributed by atoms with van der Waals surface area (Å²) in [6.45, 7) is 2.11. The highest BCUT2D eigenvalue weighted by atomic mass is 35.5. The average Bonchev–Trinajstić information content (AvgIpc) is 2.86. The normalized spacial score (nSPS) is 27.8. The van der Waals surface area contributed by atoms with Crippen molar-refractivity contribution in [3.8, 4) is 0 Å². The average molecular weight is 323 g/mol. The first kappa shape index (κ1) is 17.3. The number of benzene rings is 1. The van der Waals surface area contributed by atoms with Crippen LogP contribution in [0, 0.1) is 0 Å². The predicted octanol–water partition coefficient (Wildman–Crippen LogP) is 3.34. The first-order valence-electron chi connectivity index (χ1n) is 8.26. The van der Waals surface area contributed by atoms with Crippen molar-refractivity contribution in [2.45, 2.75) is 63.1 Å². The third-order valence-electron chi connectivity index (χ3n) is 5.25. The molecule has 122 valence electrons. The Morgan fingerprint density at radius 3 is 2.36 bits per heavy atom. The van der Waals surface area contributed by atoms with Gasteiger partial charge in [0.2, 0.25) is 5.91 Å². The number of rotatable bonds is 4. The van der Waals surface area contributed by atoms with Crippen molar-refractivity contribution < 1.29 is 4.79 Å². The molecule has 2 bridgehead atoms. The van der Waals surface area contributed by atoms with E-state index in [1.807, 2.05) is 30.1 Å². The quantitative estimate of drug-likeness (QED) is 0.922.